The summed E-state index contributed by atoms with van der Waals surface area (Å²) in [5.41, 5.74) is 26.1. The van der Waals surface area contributed by atoms with Crippen LogP contribution in [-0.4, -0.2) is 14.1 Å². The minimum absolute atomic E-state index is 0.552. The van der Waals surface area contributed by atoms with E-state index in [2.05, 4.69) is 286 Å². The molecule has 11 aromatic carbocycles. The quantitative estimate of drug-likeness (QED) is 0.145. The molecule has 14 rings (SSSR count). The summed E-state index contributed by atoms with van der Waals surface area (Å²) in [6.07, 6.45) is 0. The summed E-state index contributed by atoms with van der Waals surface area (Å²) in [7, 11) is 0. The second-order valence-electron chi connectivity index (χ2n) is 21.4. The Morgan fingerprint density at radius 3 is 0.950 bits per heavy atom. The molecule has 3 aromatic heterocycles. The molecule has 0 bridgehead atoms. The van der Waals surface area contributed by atoms with Crippen molar-refractivity contribution in [3.05, 3.63) is 283 Å². The Kier molecular flexibility index (Phi) is 11.8. The van der Waals surface area contributed by atoms with Crippen molar-refractivity contribution < 1.29 is 0 Å². The molecule has 4 heteroatoms. The van der Waals surface area contributed by atoms with E-state index in [1.165, 1.54) is 33.4 Å². The van der Waals surface area contributed by atoms with Crippen LogP contribution in [0.1, 0.15) is 27.8 Å². The van der Waals surface area contributed by atoms with Crippen molar-refractivity contribution in [3.8, 4) is 95.6 Å². The van der Waals surface area contributed by atoms with E-state index in [4.69, 9.17) is 4.98 Å². The van der Waals surface area contributed by atoms with Crippen molar-refractivity contribution >= 4 is 43.6 Å². The van der Waals surface area contributed by atoms with E-state index in [1.807, 2.05) is 12.1 Å². The molecule has 0 aliphatic carbocycles. The third-order valence-electron chi connectivity index (χ3n) is 15.9. The first-order valence-corrected chi connectivity index (χ1v) is 27.4. The molecule has 0 aliphatic rings. The number of nitriles is 1. The highest BCUT2D eigenvalue weighted by atomic mass is 15.0. The van der Waals surface area contributed by atoms with Crippen LogP contribution in [0.4, 0.5) is 0 Å². The van der Waals surface area contributed by atoms with Gasteiger partial charge in [-0.3, -0.25) is 0 Å². The summed E-state index contributed by atoms with van der Waals surface area (Å²) < 4.78 is 4.71. The van der Waals surface area contributed by atoms with Crippen LogP contribution >= 0.6 is 0 Å². The Morgan fingerprint density at radius 1 is 0.287 bits per heavy atom. The highest BCUT2D eigenvalue weighted by Gasteiger charge is 2.24. The lowest BCUT2D eigenvalue weighted by molar-refractivity contribution is 1.13. The van der Waals surface area contributed by atoms with Gasteiger partial charge >= 0.3 is 0 Å². The van der Waals surface area contributed by atoms with Gasteiger partial charge in [-0.1, -0.05) is 204 Å². The van der Waals surface area contributed by atoms with Gasteiger partial charge in [-0.05, 0) is 151 Å². The second kappa shape index (κ2) is 19.6. The first-order valence-electron chi connectivity index (χ1n) is 27.4. The molecule has 14 aromatic rings. The summed E-state index contributed by atoms with van der Waals surface area (Å²) in [6, 6.07) is 94.8. The normalized spacial score (nSPS) is 11.5. The molecule has 80 heavy (non-hydrogen) atoms. The molecule has 0 saturated heterocycles. The average Bonchev–Trinajstić information content (AvgIpc) is 4.15. The van der Waals surface area contributed by atoms with E-state index in [0.717, 1.165) is 122 Å². The minimum Gasteiger partial charge on any atom is -0.309 e. The molecule has 0 aliphatic heterocycles. The molecule has 378 valence electrons. The van der Waals surface area contributed by atoms with E-state index < -0.39 is 0 Å². The van der Waals surface area contributed by atoms with Crippen molar-refractivity contribution in [2.45, 2.75) is 27.7 Å². The molecule has 3 heterocycles. The van der Waals surface area contributed by atoms with Gasteiger partial charge in [0.1, 0.15) is 6.07 Å². The number of pyridine rings is 1. The number of nitrogens with zero attached hydrogens (tertiary/aromatic N) is 4. The lowest BCUT2D eigenvalue weighted by atomic mass is 9.96. The number of benzene rings is 11. The maximum absolute atomic E-state index is 11.8. The molecule has 0 N–H and O–H groups in total. The summed E-state index contributed by atoms with van der Waals surface area (Å²) in [5, 5.41) is 16.3. The molecular formula is C76H54N4. The molecule has 0 saturated carbocycles. The summed E-state index contributed by atoms with van der Waals surface area (Å²) in [4.78, 5) is 5.38. The summed E-state index contributed by atoms with van der Waals surface area (Å²) in [5.74, 6) is 0. The van der Waals surface area contributed by atoms with Crippen LogP contribution in [0.5, 0.6) is 0 Å². The van der Waals surface area contributed by atoms with Gasteiger partial charge in [0.05, 0.1) is 50.4 Å². The monoisotopic (exact) mass is 1020 g/mol. The van der Waals surface area contributed by atoms with E-state index >= 15 is 0 Å². The molecule has 4 nitrogen and oxygen atoms in total. The van der Waals surface area contributed by atoms with Gasteiger partial charge in [0.25, 0.3) is 0 Å². The Bertz CT molecular complexity index is 4550. The van der Waals surface area contributed by atoms with E-state index in [9.17, 15) is 5.26 Å². The first-order chi connectivity index (χ1) is 39.2. The zero-order valence-electron chi connectivity index (χ0n) is 45.0. The highest BCUT2D eigenvalue weighted by Crippen LogP contribution is 2.45. The van der Waals surface area contributed by atoms with Crippen LogP contribution in [0, 0.1) is 39.0 Å². The van der Waals surface area contributed by atoms with Crippen LogP contribution in [-0.2, 0) is 0 Å². The standard InChI is InChI=1S/C76H54N4/c1-48-15-11-23-54(35-48)58-27-31-71-65(39-58)66-40-59(55-24-12-16-49(2)36-55)28-32-72(66)79(71)75-46-64(62-43-69(52-19-7-5-8-20-52)78-70(44-62)53-21-9-6-10-22-53)76(45-63(75)47-77)80-73-33-29-60(56-25-13-17-50(3)37-56)41-67(73)68-42-61(30-34-74(68)80)57-26-14-18-51(4)38-57/h5-46H,1-4H3. The van der Waals surface area contributed by atoms with Crippen molar-refractivity contribution in [1.29, 1.82) is 5.26 Å². The number of aromatic nitrogens is 3. The second-order valence-corrected chi connectivity index (χ2v) is 21.4. The summed E-state index contributed by atoms with van der Waals surface area (Å²) in [6.45, 7) is 8.59. The lowest BCUT2D eigenvalue weighted by Crippen LogP contribution is -2.04. The molecular weight excluding hydrogens is 969 g/mol. The van der Waals surface area contributed by atoms with E-state index in [0.29, 0.717) is 5.56 Å². The van der Waals surface area contributed by atoms with Gasteiger partial charge in [-0.2, -0.15) is 5.26 Å². The smallest absolute Gasteiger partial charge is 0.101 e. The van der Waals surface area contributed by atoms with Crippen LogP contribution in [0.3, 0.4) is 0 Å². The van der Waals surface area contributed by atoms with Gasteiger partial charge in [-0.15, -0.1) is 0 Å². The van der Waals surface area contributed by atoms with Gasteiger partial charge in [0.15, 0.2) is 0 Å². The maximum atomic E-state index is 11.8. The van der Waals surface area contributed by atoms with E-state index in [1.54, 1.807) is 0 Å². The molecule has 0 unspecified atom stereocenters. The fourth-order valence-electron chi connectivity index (χ4n) is 12.0. The lowest BCUT2D eigenvalue weighted by Gasteiger charge is -2.20. The van der Waals surface area contributed by atoms with Crippen molar-refractivity contribution in [1.82, 2.24) is 14.1 Å². The topological polar surface area (TPSA) is 46.5 Å². The molecule has 0 amide bonds. The van der Waals surface area contributed by atoms with Crippen molar-refractivity contribution in [2.75, 3.05) is 0 Å². The molecule has 0 radical (unpaired) electrons. The Labute approximate surface area is 466 Å². The van der Waals surface area contributed by atoms with Crippen LogP contribution < -0.4 is 0 Å². The third kappa shape index (κ3) is 8.54. The average molecular weight is 1020 g/mol. The largest absolute Gasteiger partial charge is 0.309 e. The molecule has 0 fully saturated rings. The number of hydrogen-bond acceptors (Lipinski definition) is 2. The number of aryl methyl sites for hydroxylation is 4. The van der Waals surface area contributed by atoms with Crippen LogP contribution in [0.15, 0.2) is 255 Å². The zero-order valence-corrected chi connectivity index (χ0v) is 45.0. The van der Waals surface area contributed by atoms with Gasteiger partial charge in [-0.25, -0.2) is 4.98 Å². The van der Waals surface area contributed by atoms with Crippen molar-refractivity contribution in [3.63, 3.8) is 0 Å². The maximum Gasteiger partial charge on any atom is 0.101 e. The fraction of sp³-hybridized carbons (Fsp3) is 0.0526. The number of rotatable bonds is 9. The molecule has 0 atom stereocenters. The SMILES string of the molecule is Cc1cccc(-c2ccc3c(c2)c2cc(-c4cccc(C)c4)ccc2n3-c2cc(-c3cc(-c4ccccc4)nc(-c4ccccc4)c3)c(-n3c4ccc(-c5cccc(C)c5)cc4c4cc(-c5cccc(C)c5)ccc43)cc2C#N)c1. The van der Waals surface area contributed by atoms with Crippen LogP contribution in [0.25, 0.3) is 133 Å². The Hall–Kier alpha value is -10.3. The number of hydrogen-bond donors (Lipinski definition) is 0. The molecule has 0 spiro atoms. The van der Waals surface area contributed by atoms with E-state index in [-0.39, 0.29) is 0 Å². The fourth-order valence-corrected chi connectivity index (χ4v) is 12.0. The highest BCUT2D eigenvalue weighted by molar-refractivity contribution is 6.14. The Balaban J connectivity index is 1.09. The predicted molar refractivity (Wildman–Crippen MR) is 335 cm³/mol. The van der Waals surface area contributed by atoms with Gasteiger partial charge in [0, 0.05) is 38.2 Å². The number of fused-ring (bicyclic) bond motifs is 6. The predicted octanol–water partition coefficient (Wildman–Crippen LogP) is 20.1. The summed E-state index contributed by atoms with van der Waals surface area (Å²) >= 11 is 0. The Morgan fingerprint density at radius 2 is 0.613 bits per heavy atom. The zero-order chi connectivity index (χ0) is 54.0. The van der Waals surface area contributed by atoms with Gasteiger partial charge in [0.2, 0.25) is 0 Å². The van der Waals surface area contributed by atoms with Gasteiger partial charge < -0.3 is 9.13 Å². The minimum atomic E-state index is 0.552. The van der Waals surface area contributed by atoms with Crippen LogP contribution in [0.2, 0.25) is 0 Å². The first kappa shape index (κ1) is 48.1. The third-order valence-corrected chi connectivity index (χ3v) is 15.9. The van der Waals surface area contributed by atoms with Crippen molar-refractivity contribution in [2.24, 2.45) is 0 Å².